The van der Waals surface area contributed by atoms with E-state index in [-0.39, 0.29) is 11.8 Å². The lowest BCUT2D eigenvalue weighted by molar-refractivity contribution is -0.138. The first-order valence-corrected chi connectivity index (χ1v) is 6.67. The molecule has 96 valence electrons. The van der Waals surface area contributed by atoms with Crippen LogP contribution >= 0.6 is 0 Å². The molecule has 0 aromatic carbocycles. The van der Waals surface area contributed by atoms with Gasteiger partial charge < -0.3 is 0 Å². The Hall–Kier alpha value is -0.570. The standard InChI is InChI=1S/C13H27NO2/c1-4-7-9-12(10-8-5-2)13(15)14-16-11-6-3/h12H,4-11H2,1-3H3,(H,14,15). The highest BCUT2D eigenvalue weighted by Crippen LogP contribution is 2.16. The molecule has 0 bridgehead atoms. The van der Waals surface area contributed by atoms with Gasteiger partial charge in [0.05, 0.1) is 6.61 Å². The molecule has 0 saturated carbocycles. The van der Waals surface area contributed by atoms with Crippen molar-refractivity contribution in [2.45, 2.75) is 65.7 Å². The zero-order chi connectivity index (χ0) is 12.2. The van der Waals surface area contributed by atoms with Crippen LogP contribution in [0.15, 0.2) is 0 Å². The molecule has 0 heterocycles. The predicted molar refractivity (Wildman–Crippen MR) is 66.9 cm³/mol. The summed E-state index contributed by atoms with van der Waals surface area (Å²) in [5.41, 5.74) is 2.56. The molecule has 0 aliphatic carbocycles. The molecular weight excluding hydrogens is 202 g/mol. The van der Waals surface area contributed by atoms with Gasteiger partial charge in [-0.15, -0.1) is 0 Å². The number of carbonyl (C=O) groups is 1. The van der Waals surface area contributed by atoms with Crippen LogP contribution in [-0.4, -0.2) is 12.5 Å². The number of carbonyl (C=O) groups excluding carboxylic acids is 1. The van der Waals surface area contributed by atoms with E-state index in [1.54, 1.807) is 0 Å². The molecule has 1 N–H and O–H groups in total. The summed E-state index contributed by atoms with van der Waals surface area (Å²) < 4.78 is 0. The highest BCUT2D eigenvalue weighted by molar-refractivity contribution is 5.77. The van der Waals surface area contributed by atoms with E-state index in [4.69, 9.17) is 4.84 Å². The number of hydrogen-bond acceptors (Lipinski definition) is 2. The fraction of sp³-hybridized carbons (Fsp3) is 0.923. The van der Waals surface area contributed by atoms with Gasteiger partial charge in [0, 0.05) is 5.92 Å². The molecule has 0 aliphatic heterocycles. The smallest absolute Gasteiger partial charge is 0.246 e. The van der Waals surface area contributed by atoms with Gasteiger partial charge >= 0.3 is 0 Å². The summed E-state index contributed by atoms with van der Waals surface area (Å²) in [6.07, 6.45) is 7.42. The molecule has 0 unspecified atom stereocenters. The van der Waals surface area contributed by atoms with Crippen LogP contribution in [0.4, 0.5) is 0 Å². The molecule has 0 rings (SSSR count). The molecule has 0 aromatic rings. The first-order valence-electron chi connectivity index (χ1n) is 6.67. The summed E-state index contributed by atoms with van der Waals surface area (Å²) in [5, 5.41) is 0. The van der Waals surface area contributed by atoms with Crippen molar-refractivity contribution >= 4 is 5.91 Å². The van der Waals surface area contributed by atoms with Crippen LogP contribution in [0.25, 0.3) is 0 Å². The number of nitrogens with one attached hydrogen (secondary N) is 1. The summed E-state index contributed by atoms with van der Waals surface area (Å²) in [6.45, 7) is 6.93. The van der Waals surface area contributed by atoms with Crippen molar-refractivity contribution < 1.29 is 9.63 Å². The van der Waals surface area contributed by atoms with E-state index in [0.717, 1.165) is 44.9 Å². The van der Waals surface area contributed by atoms with Crippen molar-refractivity contribution in [1.82, 2.24) is 5.48 Å². The van der Waals surface area contributed by atoms with E-state index < -0.39 is 0 Å². The zero-order valence-corrected chi connectivity index (χ0v) is 11.1. The highest BCUT2D eigenvalue weighted by atomic mass is 16.6. The number of rotatable bonds is 10. The van der Waals surface area contributed by atoms with E-state index in [9.17, 15) is 4.79 Å². The minimum absolute atomic E-state index is 0.0651. The topological polar surface area (TPSA) is 38.3 Å². The molecule has 16 heavy (non-hydrogen) atoms. The summed E-state index contributed by atoms with van der Waals surface area (Å²) >= 11 is 0. The average Bonchev–Trinajstić information content (AvgIpc) is 2.29. The Morgan fingerprint density at radius 3 is 2.06 bits per heavy atom. The lowest BCUT2D eigenvalue weighted by Crippen LogP contribution is -2.31. The van der Waals surface area contributed by atoms with Gasteiger partial charge in [0.2, 0.25) is 5.91 Å². The van der Waals surface area contributed by atoms with E-state index in [1.807, 2.05) is 6.92 Å². The zero-order valence-electron chi connectivity index (χ0n) is 11.1. The molecule has 0 aromatic heterocycles. The number of amides is 1. The van der Waals surface area contributed by atoms with Crippen molar-refractivity contribution in [2.75, 3.05) is 6.61 Å². The normalized spacial score (nSPS) is 10.8. The van der Waals surface area contributed by atoms with Crippen molar-refractivity contribution in [3.05, 3.63) is 0 Å². The van der Waals surface area contributed by atoms with Crippen LogP contribution < -0.4 is 5.48 Å². The Balaban J connectivity index is 3.88. The maximum atomic E-state index is 11.8. The minimum atomic E-state index is 0.0651. The second kappa shape index (κ2) is 10.9. The average molecular weight is 229 g/mol. The molecule has 0 aliphatic rings. The summed E-state index contributed by atoms with van der Waals surface area (Å²) in [6, 6.07) is 0. The van der Waals surface area contributed by atoms with E-state index >= 15 is 0 Å². The lowest BCUT2D eigenvalue weighted by atomic mass is 9.95. The Bertz CT molecular complexity index is 163. The predicted octanol–water partition coefficient (Wildman–Crippen LogP) is 3.44. The number of hydroxylamine groups is 1. The van der Waals surface area contributed by atoms with Gasteiger partial charge in [0.25, 0.3) is 0 Å². The maximum absolute atomic E-state index is 11.8. The molecule has 0 radical (unpaired) electrons. The van der Waals surface area contributed by atoms with Gasteiger partial charge in [-0.3, -0.25) is 9.63 Å². The van der Waals surface area contributed by atoms with Crippen molar-refractivity contribution in [3.63, 3.8) is 0 Å². The van der Waals surface area contributed by atoms with E-state index in [0.29, 0.717) is 6.61 Å². The minimum Gasteiger partial charge on any atom is -0.274 e. The van der Waals surface area contributed by atoms with Crippen molar-refractivity contribution in [1.29, 1.82) is 0 Å². The van der Waals surface area contributed by atoms with Crippen LogP contribution in [0, 0.1) is 5.92 Å². The number of hydrogen-bond donors (Lipinski definition) is 1. The fourth-order valence-corrected chi connectivity index (χ4v) is 1.62. The van der Waals surface area contributed by atoms with Crippen LogP contribution in [0.2, 0.25) is 0 Å². The van der Waals surface area contributed by atoms with Crippen LogP contribution in [0.5, 0.6) is 0 Å². The third kappa shape index (κ3) is 7.69. The first-order chi connectivity index (χ1) is 7.76. The summed E-state index contributed by atoms with van der Waals surface area (Å²) in [5.74, 6) is 0.201. The molecule has 0 spiro atoms. The Kier molecular flexibility index (Phi) is 10.5. The molecule has 1 amide bonds. The SMILES string of the molecule is CCCCC(CCCC)C(=O)NOCCC. The molecule has 0 atom stereocenters. The Labute approximate surface area is 99.9 Å². The third-order valence-corrected chi connectivity index (χ3v) is 2.66. The van der Waals surface area contributed by atoms with Gasteiger partial charge in [-0.05, 0) is 19.3 Å². The second-order valence-electron chi connectivity index (χ2n) is 4.30. The second-order valence-corrected chi connectivity index (χ2v) is 4.30. The van der Waals surface area contributed by atoms with Gasteiger partial charge in [0.15, 0.2) is 0 Å². The maximum Gasteiger partial charge on any atom is 0.246 e. The molecule has 0 saturated heterocycles. The first kappa shape index (κ1) is 15.4. The van der Waals surface area contributed by atoms with Crippen LogP contribution in [0.3, 0.4) is 0 Å². The van der Waals surface area contributed by atoms with E-state index in [1.165, 1.54) is 0 Å². The fourth-order valence-electron chi connectivity index (χ4n) is 1.62. The van der Waals surface area contributed by atoms with Gasteiger partial charge in [-0.25, -0.2) is 5.48 Å². The van der Waals surface area contributed by atoms with Crippen molar-refractivity contribution in [3.8, 4) is 0 Å². The molecule has 0 fully saturated rings. The van der Waals surface area contributed by atoms with Crippen molar-refractivity contribution in [2.24, 2.45) is 5.92 Å². The number of unbranched alkanes of at least 4 members (excludes halogenated alkanes) is 2. The molecule has 3 heteroatoms. The van der Waals surface area contributed by atoms with Crippen LogP contribution in [-0.2, 0) is 9.63 Å². The monoisotopic (exact) mass is 229 g/mol. The van der Waals surface area contributed by atoms with E-state index in [2.05, 4.69) is 19.3 Å². The Morgan fingerprint density at radius 1 is 1.06 bits per heavy atom. The highest BCUT2D eigenvalue weighted by Gasteiger charge is 2.17. The van der Waals surface area contributed by atoms with Gasteiger partial charge in [-0.1, -0.05) is 46.5 Å². The lowest BCUT2D eigenvalue weighted by Gasteiger charge is -2.15. The van der Waals surface area contributed by atoms with Gasteiger partial charge in [0.1, 0.15) is 0 Å². The quantitative estimate of drug-likeness (QED) is 0.460. The summed E-state index contributed by atoms with van der Waals surface area (Å²) in [4.78, 5) is 16.9. The summed E-state index contributed by atoms with van der Waals surface area (Å²) in [7, 11) is 0. The third-order valence-electron chi connectivity index (χ3n) is 2.66. The Morgan fingerprint density at radius 2 is 1.62 bits per heavy atom. The molecular formula is C13H27NO2. The largest absolute Gasteiger partial charge is 0.274 e. The molecule has 3 nitrogen and oxygen atoms in total. The van der Waals surface area contributed by atoms with Gasteiger partial charge in [-0.2, -0.15) is 0 Å². The van der Waals surface area contributed by atoms with Crippen LogP contribution in [0.1, 0.15) is 65.7 Å².